The van der Waals surface area contributed by atoms with Crippen LogP contribution in [0.2, 0.25) is 5.15 Å². The lowest BCUT2D eigenvalue weighted by atomic mass is 10.1. The zero-order valence-electron chi connectivity index (χ0n) is 6.60. The summed E-state index contributed by atoms with van der Waals surface area (Å²) in [5, 5.41) is -0.0213. The van der Waals surface area contributed by atoms with Crippen LogP contribution < -0.4 is 11.5 Å². The van der Waals surface area contributed by atoms with Crippen molar-refractivity contribution >= 4 is 17.3 Å². The highest BCUT2D eigenvalue weighted by Gasteiger charge is 2.18. The van der Waals surface area contributed by atoms with Crippen LogP contribution in [0.5, 0.6) is 0 Å². The van der Waals surface area contributed by atoms with Crippen molar-refractivity contribution in [3.05, 3.63) is 22.5 Å². The summed E-state index contributed by atoms with van der Waals surface area (Å²) in [6, 6.07) is 0. The van der Waals surface area contributed by atoms with E-state index in [-0.39, 0.29) is 28.5 Å². The van der Waals surface area contributed by atoms with Crippen molar-refractivity contribution in [1.29, 1.82) is 0 Å². The van der Waals surface area contributed by atoms with Crippen molar-refractivity contribution in [2.24, 2.45) is 5.73 Å². The van der Waals surface area contributed by atoms with Gasteiger partial charge in [-0.3, -0.25) is 0 Å². The van der Waals surface area contributed by atoms with Gasteiger partial charge in [-0.15, -0.1) is 0 Å². The minimum Gasteiger partial charge on any atom is -0.397 e. The predicted molar refractivity (Wildman–Crippen MR) is 46.5 cm³/mol. The largest absolute Gasteiger partial charge is 0.397 e. The first-order valence-corrected chi connectivity index (χ1v) is 3.86. The molecule has 4 N–H and O–H groups in total. The summed E-state index contributed by atoms with van der Waals surface area (Å²) in [5.74, 6) is 0. The average Bonchev–Trinajstić information content (AvgIpc) is 2.07. The Bertz CT molecular complexity index is 317. The smallest absolute Gasteiger partial charge is 0.266 e. The van der Waals surface area contributed by atoms with Gasteiger partial charge in [0.05, 0.1) is 11.9 Å². The Morgan fingerprint density at radius 2 is 2.15 bits per heavy atom. The van der Waals surface area contributed by atoms with Crippen LogP contribution in [-0.2, 0) is 6.54 Å². The fourth-order valence-electron chi connectivity index (χ4n) is 1.01. The van der Waals surface area contributed by atoms with E-state index >= 15 is 0 Å². The summed E-state index contributed by atoms with van der Waals surface area (Å²) >= 11 is 5.57. The second-order valence-corrected chi connectivity index (χ2v) is 2.76. The minimum absolute atomic E-state index is 0.0213. The third-order valence-corrected chi connectivity index (χ3v) is 1.95. The van der Waals surface area contributed by atoms with E-state index in [1.54, 1.807) is 0 Å². The van der Waals surface area contributed by atoms with Gasteiger partial charge < -0.3 is 11.5 Å². The van der Waals surface area contributed by atoms with Gasteiger partial charge in [0.15, 0.2) is 0 Å². The molecule has 1 aromatic heterocycles. The summed E-state index contributed by atoms with van der Waals surface area (Å²) in [4.78, 5) is 3.62. The highest BCUT2D eigenvalue weighted by atomic mass is 35.5. The Morgan fingerprint density at radius 3 is 2.54 bits per heavy atom. The molecule has 1 aromatic rings. The molecule has 3 nitrogen and oxygen atoms in total. The lowest BCUT2D eigenvalue weighted by Gasteiger charge is -2.10. The maximum atomic E-state index is 12.4. The molecule has 0 fully saturated rings. The minimum atomic E-state index is -2.68. The van der Waals surface area contributed by atoms with Crippen LogP contribution in [-0.4, -0.2) is 4.98 Å². The molecular formula is C7H8ClF2N3. The van der Waals surface area contributed by atoms with Crippen molar-refractivity contribution < 1.29 is 8.78 Å². The number of nitrogens with zero attached hydrogens (tertiary/aromatic N) is 1. The molecule has 13 heavy (non-hydrogen) atoms. The molecule has 0 radical (unpaired) electrons. The topological polar surface area (TPSA) is 64.9 Å². The molecule has 1 rings (SSSR count). The van der Waals surface area contributed by atoms with Crippen LogP contribution in [0.3, 0.4) is 0 Å². The van der Waals surface area contributed by atoms with Crippen LogP contribution in [0.4, 0.5) is 14.5 Å². The van der Waals surface area contributed by atoms with Crippen molar-refractivity contribution in [1.82, 2.24) is 4.98 Å². The molecule has 0 spiro atoms. The van der Waals surface area contributed by atoms with Crippen LogP contribution in [0.25, 0.3) is 0 Å². The van der Waals surface area contributed by atoms with E-state index in [4.69, 9.17) is 23.1 Å². The maximum Gasteiger partial charge on any atom is 0.266 e. The molecule has 0 amide bonds. The van der Waals surface area contributed by atoms with Gasteiger partial charge in [-0.2, -0.15) is 0 Å². The highest BCUT2D eigenvalue weighted by molar-refractivity contribution is 6.30. The number of rotatable bonds is 2. The molecule has 0 aliphatic rings. The molecule has 72 valence electrons. The second-order valence-electron chi connectivity index (χ2n) is 2.40. The molecule has 0 saturated carbocycles. The van der Waals surface area contributed by atoms with E-state index in [0.29, 0.717) is 0 Å². The summed E-state index contributed by atoms with van der Waals surface area (Å²) in [6.45, 7) is -0.101. The Hall–Kier alpha value is -0.940. The van der Waals surface area contributed by atoms with Crippen LogP contribution in [0.15, 0.2) is 6.20 Å². The zero-order valence-corrected chi connectivity index (χ0v) is 7.35. The summed E-state index contributed by atoms with van der Waals surface area (Å²) in [7, 11) is 0. The van der Waals surface area contributed by atoms with Gasteiger partial charge in [-0.05, 0) is 0 Å². The fraction of sp³-hybridized carbons (Fsp3) is 0.286. The molecule has 0 saturated heterocycles. The zero-order chi connectivity index (χ0) is 10.0. The highest BCUT2D eigenvalue weighted by Crippen LogP contribution is 2.31. The summed E-state index contributed by atoms with van der Waals surface area (Å²) < 4.78 is 24.9. The maximum absolute atomic E-state index is 12.4. The van der Waals surface area contributed by atoms with Crippen LogP contribution in [0.1, 0.15) is 17.6 Å². The molecule has 0 aliphatic carbocycles. The number of hydrogen-bond acceptors (Lipinski definition) is 3. The first-order valence-electron chi connectivity index (χ1n) is 3.49. The Balaban J connectivity index is 3.35. The third kappa shape index (κ3) is 1.87. The number of hydrogen-bond donors (Lipinski definition) is 2. The molecule has 0 atom stereocenters. The van der Waals surface area contributed by atoms with Gasteiger partial charge >= 0.3 is 0 Å². The number of nitrogens with two attached hydrogens (primary N) is 2. The van der Waals surface area contributed by atoms with E-state index in [9.17, 15) is 8.78 Å². The van der Waals surface area contributed by atoms with E-state index in [0.717, 1.165) is 6.20 Å². The van der Waals surface area contributed by atoms with Gasteiger partial charge in [-0.1, -0.05) is 11.6 Å². The average molecular weight is 208 g/mol. The van der Waals surface area contributed by atoms with Gasteiger partial charge in [0.25, 0.3) is 6.43 Å². The standard InChI is InChI=1S/C7H8ClF2N3/c8-6-3(1-11)5(7(9)10)4(12)2-13-6/h2,7H,1,11-12H2. The molecule has 6 heteroatoms. The number of alkyl halides is 2. The molecule has 1 heterocycles. The van der Waals surface area contributed by atoms with Crippen molar-refractivity contribution in [2.75, 3.05) is 5.73 Å². The van der Waals surface area contributed by atoms with Gasteiger partial charge in [0.1, 0.15) is 5.15 Å². The second kappa shape index (κ2) is 3.85. The first kappa shape index (κ1) is 10.1. The lowest BCUT2D eigenvalue weighted by Crippen LogP contribution is -2.07. The van der Waals surface area contributed by atoms with Gasteiger partial charge in [0.2, 0.25) is 0 Å². The number of aromatic nitrogens is 1. The fourth-order valence-corrected chi connectivity index (χ4v) is 1.24. The van der Waals surface area contributed by atoms with Gasteiger partial charge in [0, 0.05) is 17.7 Å². The van der Waals surface area contributed by atoms with Crippen LogP contribution >= 0.6 is 11.6 Å². The molecule has 0 unspecified atom stereocenters. The summed E-state index contributed by atoms with van der Waals surface area (Å²) in [6.07, 6.45) is -1.58. The van der Waals surface area contributed by atoms with E-state index in [2.05, 4.69) is 4.98 Å². The predicted octanol–water partition coefficient (Wildman–Crippen LogP) is 1.71. The number of pyridine rings is 1. The number of halogens is 3. The normalized spacial score (nSPS) is 10.8. The van der Waals surface area contributed by atoms with E-state index < -0.39 is 6.43 Å². The van der Waals surface area contributed by atoms with Crippen molar-refractivity contribution in [3.63, 3.8) is 0 Å². The first-order chi connectivity index (χ1) is 6.07. The SMILES string of the molecule is NCc1c(Cl)ncc(N)c1C(F)F. The number of anilines is 1. The monoisotopic (exact) mass is 207 g/mol. The van der Waals surface area contributed by atoms with Crippen LogP contribution in [0, 0.1) is 0 Å². The Kier molecular flexibility index (Phi) is 3.00. The summed E-state index contributed by atoms with van der Waals surface area (Å²) in [5.41, 5.74) is 10.3. The van der Waals surface area contributed by atoms with Gasteiger partial charge in [-0.25, -0.2) is 13.8 Å². The van der Waals surface area contributed by atoms with Crippen molar-refractivity contribution in [2.45, 2.75) is 13.0 Å². The number of nitrogen functional groups attached to an aromatic ring is 1. The Labute approximate surface area is 78.7 Å². The quantitative estimate of drug-likeness (QED) is 0.726. The third-order valence-electron chi connectivity index (χ3n) is 1.62. The Morgan fingerprint density at radius 1 is 1.54 bits per heavy atom. The van der Waals surface area contributed by atoms with E-state index in [1.165, 1.54) is 0 Å². The van der Waals surface area contributed by atoms with E-state index in [1.807, 2.05) is 0 Å². The molecule has 0 aromatic carbocycles. The molecule has 0 bridgehead atoms. The van der Waals surface area contributed by atoms with Crippen molar-refractivity contribution in [3.8, 4) is 0 Å². The lowest BCUT2D eigenvalue weighted by molar-refractivity contribution is 0.151. The molecular weight excluding hydrogens is 200 g/mol. The molecule has 0 aliphatic heterocycles.